The lowest BCUT2D eigenvalue weighted by Crippen LogP contribution is -2.03. The van der Waals surface area contributed by atoms with Crippen LogP contribution in [0.5, 0.6) is 0 Å². The fourth-order valence-corrected chi connectivity index (χ4v) is 1.52. The Kier molecular flexibility index (Phi) is 4.03. The largest absolute Gasteiger partial charge is 0.346 e. The molecule has 0 spiro atoms. The molecule has 1 aromatic carbocycles. The molecule has 0 amide bonds. The summed E-state index contributed by atoms with van der Waals surface area (Å²) in [6.45, 7) is 1.70. The van der Waals surface area contributed by atoms with Crippen molar-refractivity contribution in [3.8, 4) is 0 Å². The Morgan fingerprint density at radius 2 is 1.95 bits per heavy atom. The Bertz CT molecular complexity index is 591. The molecular weight excluding hydrogens is 243 g/mol. The fourth-order valence-electron chi connectivity index (χ4n) is 1.52. The number of allylic oxidation sites excluding steroid dienone is 1. The third kappa shape index (κ3) is 3.48. The summed E-state index contributed by atoms with van der Waals surface area (Å²) in [5.74, 6) is 0.155. The summed E-state index contributed by atoms with van der Waals surface area (Å²) < 4.78 is 12.8. The minimum Gasteiger partial charge on any atom is -0.346 e. The average Bonchev–Trinajstić information content (AvgIpc) is 2.46. The van der Waals surface area contributed by atoms with Gasteiger partial charge in [0.2, 0.25) is 0 Å². The smallest absolute Gasteiger partial charge is 0.190 e. The highest BCUT2D eigenvalue weighted by molar-refractivity contribution is 6.08. The van der Waals surface area contributed by atoms with Crippen molar-refractivity contribution in [1.29, 1.82) is 0 Å². The van der Waals surface area contributed by atoms with Gasteiger partial charge in [-0.3, -0.25) is 4.79 Å². The Morgan fingerprint density at radius 1 is 1.21 bits per heavy atom. The van der Waals surface area contributed by atoms with Gasteiger partial charge in [0.05, 0.1) is 0 Å². The van der Waals surface area contributed by atoms with Crippen LogP contribution >= 0.6 is 0 Å². The number of halogens is 1. The van der Waals surface area contributed by atoms with Crippen LogP contribution in [0.1, 0.15) is 17.3 Å². The van der Waals surface area contributed by atoms with Gasteiger partial charge in [0.1, 0.15) is 11.6 Å². The molecule has 0 saturated carbocycles. The Balaban J connectivity index is 2.08. The van der Waals surface area contributed by atoms with Crippen LogP contribution in [0.4, 0.5) is 10.2 Å². The lowest BCUT2D eigenvalue weighted by molar-refractivity contribution is 0.103. The molecule has 0 radical (unpaired) electrons. The second-order valence-corrected chi connectivity index (χ2v) is 4.02. The molecule has 0 aliphatic carbocycles. The molecule has 96 valence electrons. The summed E-state index contributed by atoms with van der Waals surface area (Å²) in [5.41, 5.74) is 0.982. The highest BCUT2D eigenvalue weighted by atomic mass is 19.1. The molecule has 1 heterocycles. The van der Waals surface area contributed by atoms with Gasteiger partial charge in [-0.15, -0.1) is 0 Å². The topological polar surface area (TPSA) is 42.0 Å². The Morgan fingerprint density at radius 3 is 2.58 bits per heavy atom. The minimum absolute atomic E-state index is 0.150. The Hall–Kier alpha value is -2.49. The van der Waals surface area contributed by atoms with Crippen LogP contribution in [-0.4, -0.2) is 10.8 Å². The van der Waals surface area contributed by atoms with Gasteiger partial charge in [-0.25, -0.2) is 9.37 Å². The zero-order valence-corrected chi connectivity index (χ0v) is 10.4. The van der Waals surface area contributed by atoms with Crippen molar-refractivity contribution in [3.63, 3.8) is 0 Å². The summed E-state index contributed by atoms with van der Waals surface area (Å²) >= 11 is 0. The highest BCUT2D eigenvalue weighted by Gasteiger charge is 2.07. The number of anilines is 1. The predicted molar refractivity (Wildman–Crippen MR) is 72.3 cm³/mol. The van der Waals surface area contributed by atoms with Crippen molar-refractivity contribution in [2.24, 2.45) is 0 Å². The predicted octanol–water partition coefficient (Wildman–Crippen LogP) is 3.42. The maximum atomic E-state index is 12.8. The van der Waals surface area contributed by atoms with Crippen LogP contribution in [0, 0.1) is 5.82 Å². The van der Waals surface area contributed by atoms with E-state index in [0.717, 1.165) is 0 Å². The summed E-state index contributed by atoms with van der Waals surface area (Å²) in [5, 5.41) is 2.94. The minimum atomic E-state index is -0.357. The first kappa shape index (κ1) is 13.0. The lowest BCUT2D eigenvalue weighted by Gasteiger charge is -2.03. The molecule has 2 aromatic rings. The Labute approximate surface area is 110 Å². The number of rotatable bonds is 4. The van der Waals surface area contributed by atoms with Crippen LogP contribution < -0.4 is 5.32 Å². The van der Waals surface area contributed by atoms with E-state index in [1.54, 1.807) is 25.4 Å². The maximum absolute atomic E-state index is 12.8. The molecule has 1 N–H and O–H groups in total. The number of hydrogen-bond donors (Lipinski definition) is 1. The highest BCUT2D eigenvalue weighted by Crippen LogP contribution is 2.10. The number of hydrogen-bond acceptors (Lipinski definition) is 3. The molecule has 0 saturated heterocycles. The molecule has 0 fully saturated rings. The molecular formula is C15H13FN2O. The van der Waals surface area contributed by atoms with E-state index in [-0.39, 0.29) is 11.6 Å². The molecule has 0 bridgehead atoms. The van der Waals surface area contributed by atoms with Crippen molar-refractivity contribution in [2.45, 2.75) is 6.92 Å². The first-order valence-corrected chi connectivity index (χ1v) is 5.81. The van der Waals surface area contributed by atoms with Gasteiger partial charge in [-0.1, -0.05) is 6.07 Å². The van der Waals surface area contributed by atoms with E-state index in [4.69, 9.17) is 0 Å². The summed E-state index contributed by atoms with van der Waals surface area (Å²) in [4.78, 5) is 16.1. The number of Topliss-reactive ketones (excluding diaryl/α,β-unsaturated/α-hetero) is 1. The van der Waals surface area contributed by atoms with Gasteiger partial charge in [0.15, 0.2) is 5.78 Å². The summed E-state index contributed by atoms with van der Waals surface area (Å²) in [6.07, 6.45) is 3.25. The summed E-state index contributed by atoms with van der Waals surface area (Å²) in [6, 6.07) is 10.9. The molecule has 0 aliphatic rings. The molecule has 19 heavy (non-hydrogen) atoms. The van der Waals surface area contributed by atoms with Gasteiger partial charge >= 0.3 is 0 Å². The quantitative estimate of drug-likeness (QED) is 0.673. The average molecular weight is 256 g/mol. The third-order valence-electron chi connectivity index (χ3n) is 2.57. The molecule has 3 nitrogen and oxygen atoms in total. The van der Waals surface area contributed by atoms with Crippen LogP contribution in [-0.2, 0) is 0 Å². The zero-order valence-electron chi connectivity index (χ0n) is 10.4. The number of ketones is 1. The van der Waals surface area contributed by atoms with Crippen molar-refractivity contribution in [3.05, 3.63) is 71.8 Å². The number of pyridine rings is 1. The number of aromatic nitrogens is 1. The van der Waals surface area contributed by atoms with E-state index >= 15 is 0 Å². The fraction of sp³-hybridized carbons (Fsp3) is 0.0667. The van der Waals surface area contributed by atoms with Gasteiger partial charge < -0.3 is 5.32 Å². The van der Waals surface area contributed by atoms with E-state index in [0.29, 0.717) is 17.0 Å². The number of benzene rings is 1. The van der Waals surface area contributed by atoms with Gasteiger partial charge in [0.25, 0.3) is 0 Å². The first-order chi connectivity index (χ1) is 9.16. The maximum Gasteiger partial charge on any atom is 0.190 e. The van der Waals surface area contributed by atoms with Crippen LogP contribution in [0.25, 0.3) is 0 Å². The van der Waals surface area contributed by atoms with Gasteiger partial charge in [-0.05, 0) is 43.3 Å². The molecule has 0 unspecified atom stereocenters. The molecule has 4 heteroatoms. The molecule has 0 atom stereocenters. The second-order valence-electron chi connectivity index (χ2n) is 4.02. The van der Waals surface area contributed by atoms with Crippen molar-refractivity contribution in [1.82, 2.24) is 4.98 Å². The molecule has 2 rings (SSSR count). The summed E-state index contributed by atoms with van der Waals surface area (Å²) in [7, 11) is 0. The third-order valence-corrected chi connectivity index (χ3v) is 2.57. The number of carbonyl (C=O) groups is 1. The van der Waals surface area contributed by atoms with Crippen LogP contribution in [0.2, 0.25) is 0 Å². The van der Waals surface area contributed by atoms with E-state index in [9.17, 15) is 9.18 Å². The second kappa shape index (κ2) is 5.91. The van der Waals surface area contributed by atoms with E-state index in [1.807, 2.05) is 12.1 Å². The number of carbonyl (C=O) groups excluding carboxylic acids is 1. The van der Waals surface area contributed by atoms with E-state index in [2.05, 4.69) is 10.3 Å². The van der Waals surface area contributed by atoms with Crippen LogP contribution in [0.3, 0.4) is 0 Å². The lowest BCUT2D eigenvalue weighted by atomic mass is 10.1. The van der Waals surface area contributed by atoms with Gasteiger partial charge in [-0.2, -0.15) is 0 Å². The number of nitrogens with zero attached hydrogens (tertiary/aromatic N) is 1. The zero-order chi connectivity index (χ0) is 13.7. The van der Waals surface area contributed by atoms with Crippen molar-refractivity contribution >= 4 is 11.6 Å². The van der Waals surface area contributed by atoms with E-state index in [1.165, 1.54) is 24.3 Å². The van der Waals surface area contributed by atoms with E-state index < -0.39 is 0 Å². The normalized spacial score (nSPS) is 11.2. The van der Waals surface area contributed by atoms with Gasteiger partial charge in [0, 0.05) is 23.5 Å². The van der Waals surface area contributed by atoms with Crippen molar-refractivity contribution < 1.29 is 9.18 Å². The standard InChI is InChI=1S/C15H13FN2O/c1-11(10-18-14-4-2-3-9-17-14)15(19)12-5-7-13(16)8-6-12/h2-10H,1H3,(H,17,18)/b11-10+. The monoisotopic (exact) mass is 256 g/mol. The van der Waals surface area contributed by atoms with Crippen LogP contribution in [0.15, 0.2) is 60.4 Å². The SMILES string of the molecule is C/C(=C\Nc1ccccn1)C(=O)c1ccc(F)cc1. The molecule has 1 aromatic heterocycles. The van der Waals surface area contributed by atoms with Crippen molar-refractivity contribution in [2.75, 3.05) is 5.32 Å². The molecule has 0 aliphatic heterocycles. The first-order valence-electron chi connectivity index (χ1n) is 5.81. The number of nitrogens with one attached hydrogen (secondary N) is 1.